The van der Waals surface area contributed by atoms with Crippen molar-refractivity contribution in [3.8, 4) is 0 Å². The molecule has 96 valence electrons. The Labute approximate surface area is 114 Å². The third-order valence-electron chi connectivity index (χ3n) is 3.75. The van der Waals surface area contributed by atoms with Crippen LogP contribution in [0, 0.1) is 0 Å². The minimum absolute atomic E-state index is 0.268. The molecule has 0 aliphatic carbocycles. The number of aliphatic hydroxyl groups excluding tert-OH is 1. The summed E-state index contributed by atoms with van der Waals surface area (Å²) >= 11 is 1.75. The van der Waals surface area contributed by atoms with Crippen molar-refractivity contribution < 1.29 is 5.11 Å². The molecule has 2 aromatic rings. The molecule has 1 N–H and O–H groups in total. The molecule has 3 heteroatoms. The van der Waals surface area contributed by atoms with Gasteiger partial charge in [-0.3, -0.25) is 0 Å². The van der Waals surface area contributed by atoms with Crippen LogP contribution in [-0.2, 0) is 0 Å². The van der Waals surface area contributed by atoms with Gasteiger partial charge < -0.3 is 5.11 Å². The van der Waals surface area contributed by atoms with Gasteiger partial charge in [0.15, 0.2) is 0 Å². The summed E-state index contributed by atoms with van der Waals surface area (Å²) in [5.41, 5.74) is 1.89. The number of thiophene rings is 1. The van der Waals surface area contributed by atoms with Crippen LogP contribution in [0.2, 0.25) is 13.1 Å². The van der Waals surface area contributed by atoms with E-state index >= 15 is 0 Å². The van der Waals surface area contributed by atoms with Crippen LogP contribution in [-0.4, -0.2) is 19.8 Å². The molecule has 0 saturated heterocycles. The third-order valence-corrected chi connectivity index (χ3v) is 8.64. The normalized spacial score (nSPS) is 13.5. The SMILES string of the molecule is C[Si](C)(c1ccccc1)[C@@H](CCO)c1ccsc1. The molecule has 1 heterocycles. The second-order valence-corrected chi connectivity index (χ2v) is 10.7. The monoisotopic (exact) mass is 276 g/mol. The number of benzene rings is 1. The Morgan fingerprint density at radius 3 is 2.44 bits per heavy atom. The third kappa shape index (κ3) is 2.74. The molecule has 1 nitrogen and oxygen atoms in total. The minimum Gasteiger partial charge on any atom is -0.396 e. The maximum atomic E-state index is 9.37. The zero-order valence-electron chi connectivity index (χ0n) is 11.0. The molecular formula is C15H20OSSi. The van der Waals surface area contributed by atoms with Crippen LogP contribution in [0.3, 0.4) is 0 Å². The van der Waals surface area contributed by atoms with E-state index in [2.05, 4.69) is 60.3 Å². The summed E-state index contributed by atoms with van der Waals surface area (Å²) in [6.45, 7) is 5.07. The minimum atomic E-state index is -1.59. The molecule has 18 heavy (non-hydrogen) atoms. The van der Waals surface area contributed by atoms with Crippen LogP contribution in [0.4, 0.5) is 0 Å². The average Bonchev–Trinajstić information content (AvgIpc) is 2.90. The first-order valence-electron chi connectivity index (χ1n) is 6.34. The van der Waals surface area contributed by atoms with Gasteiger partial charge in [-0.05, 0) is 34.4 Å². The number of rotatable bonds is 5. The fourth-order valence-electron chi connectivity index (χ4n) is 2.62. The van der Waals surface area contributed by atoms with Gasteiger partial charge in [-0.15, -0.1) is 0 Å². The Morgan fingerprint density at radius 2 is 1.89 bits per heavy atom. The van der Waals surface area contributed by atoms with Crippen LogP contribution in [0.5, 0.6) is 0 Å². The Bertz CT molecular complexity index is 465. The summed E-state index contributed by atoms with van der Waals surface area (Å²) in [6, 6.07) is 13.0. The summed E-state index contributed by atoms with van der Waals surface area (Å²) in [4.78, 5) is 0. The smallest absolute Gasteiger partial charge is 0.0880 e. The van der Waals surface area contributed by atoms with Crippen molar-refractivity contribution in [3.05, 3.63) is 52.7 Å². The molecule has 1 aromatic heterocycles. The number of hydrogen-bond donors (Lipinski definition) is 1. The summed E-state index contributed by atoms with van der Waals surface area (Å²) < 4.78 is 0. The van der Waals surface area contributed by atoms with Gasteiger partial charge in [0.25, 0.3) is 0 Å². The second-order valence-electron chi connectivity index (χ2n) is 5.21. The molecular weight excluding hydrogens is 256 g/mol. The molecule has 1 aromatic carbocycles. The van der Waals surface area contributed by atoms with Gasteiger partial charge >= 0.3 is 0 Å². The largest absolute Gasteiger partial charge is 0.396 e. The van der Waals surface area contributed by atoms with Gasteiger partial charge in [-0.25, -0.2) is 0 Å². The first-order chi connectivity index (χ1) is 8.66. The number of hydrogen-bond acceptors (Lipinski definition) is 2. The van der Waals surface area contributed by atoms with Crippen molar-refractivity contribution >= 4 is 24.6 Å². The van der Waals surface area contributed by atoms with Crippen LogP contribution < -0.4 is 5.19 Å². The molecule has 0 aliphatic rings. The topological polar surface area (TPSA) is 20.2 Å². The Morgan fingerprint density at radius 1 is 1.17 bits per heavy atom. The summed E-state index contributed by atoms with van der Waals surface area (Å²) in [6.07, 6.45) is 0.866. The molecule has 0 bridgehead atoms. The van der Waals surface area contributed by atoms with Gasteiger partial charge in [0.05, 0.1) is 8.07 Å². The van der Waals surface area contributed by atoms with Crippen LogP contribution in [0.1, 0.15) is 17.5 Å². The Balaban J connectivity index is 2.36. The molecule has 0 spiro atoms. The second kappa shape index (κ2) is 5.82. The highest BCUT2D eigenvalue weighted by Crippen LogP contribution is 2.31. The maximum absolute atomic E-state index is 9.37. The zero-order valence-corrected chi connectivity index (χ0v) is 12.8. The fraction of sp³-hybridized carbons (Fsp3) is 0.333. The van der Waals surface area contributed by atoms with E-state index in [1.165, 1.54) is 10.8 Å². The van der Waals surface area contributed by atoms with Crippen LogP contribution in [0.25, 0.3) is 0 Å². The molecule has 0 radical (unpaired) electrons. The van der Waals surface area contributed by atoms with Crippen molar-refractivity contribution in [2.75, 3.05) is 6.61 Å². The summed E-state index contributed by atoms with van der Waals surface area (Å²) in [7, 11) is -1.59. The highest BCUT2D eigenvalue weighted by molar-refractivity contribution is 7.08. The molecule has 0 fully saturated rings. The first-order valence-corrected chi connectivity index (χ1v) is 10.4. The van der Waals surface area contributed by atoms with Crippen LogP contribution >= 0.6 is 11.3 Å². The van der Waals surface area contributed by atoms with E-state index in [4.69, 9.17) is 0 Å². The highest BCUT2D eigenvalue weighted by atomic mass is 32.1. The lowest BCUT2D eigenvalue weighted by molar-refractivity contribution is 0.285. The first kappa shape index (κ1) is 13.5. The highest BCUT2D eigenvalue weighted by Gasteiger charge is 2.34. The standard InChI is InChI=1S/C15H20OSSi/c1-18(2,14-6-4-3-5-7-14)15(8-10-16)13-9-11-17-12-13/h3-7,9,11-12,15-16H,8,10H2,1-2H3/t15-/m0/s1. The molecule has 1 atom stereocenters. The van der Waals surface area contributed by atoms with Gasteiger partial charge in [0.1, 0.15) is 0 Å². The van der Waals surface area contributed by atoms with E-state index in [-0.39, 0.29) is 6.61 Å². The van der Waals surface area contributed by atoms with E-state index in [1.54, 1.807) is 11.3 Å². The summed E-state index contributed by atoms with van der Waals surface area (Å²) in [5, 5.41) is 15.2. The maximum Gasteiger partial charge on any atom is 0.0880 e. The quantitative estimate of drug-likeness (QED) is 0.830. The number of aliphatic hydroxyl groups is 1. The molecule has 0 amide bonds. The lowest BCUT2D eigenvalue weighted by Crippen LogP contribution is -2.47. The van der Waals surface area contributed by atoms with Gasteiger partial charge in [0.2, 0.25) is 0 Å². The molecule has 0 aliphatic heterocycles. The average molecular weight is 276 g/mol. The van der Waals surface area contributed by atoms with Crippen molar-refractivity contribution in [3.63, 3.8) is 0 Å². The summed E-state index contributed by atoms with van der Waals surface area (Å²) in [5.74, 6) is 0. The van der Waals surface area contributed by atoms with E-state index in [1.807, 2.05) is 0 Å². The van der Waals surface area contributed by atoms with Crippen molar-refractivity contribution in [1.82, 2.24) is 0 Å². The predicted octanol–water partition coefficient (Wildman–Crippen LogP) is 3.37. The predicted molar refractivity (Wildman–Crippen MR) is 82.3 cm³/mol. The van der Waals surface area contributed by atoms with Gasteiger partial charge in [-0.2, -0.15) is 11.3 Å². The Hall–Kier alpha value is -0.903. The van der Waals surface area contributed by atoms with E-state index < -0.39 is 8.07 Å². The van der Waals surface area contributed by atoms with Crippen LogP contribution in [0.15, 0.2) is 47.2 Å². The van der Waals surface area contributed by atoms with E-state index in [0.29, 0.717) is 5.54 Å². The van der Waals surface area contributed by atoms with Gasteiger partial charge in [0, 0.05) is 6.61 Å². The fourth-order valence-corrected chi connectivity index (χ4v) is 6.77. The van der Waals surface area contributed by atoms with Crippen molar-refractivity contribution in [2.45, 2.75) is 25.1 Å². The van der Waals surface area contributed by atoms with E-state index in [9.17, 15) is 5.11 Å². The van der Waals surface area contributed by atoms with Gasteiger partial charge in [-0.1, -0.05) is 48.6 Å². The molecule has 0 unspecified atom stereocenters. The molecule has 2 rings (SSSR count). The Kier molecular flexibility index (Phi) is 4.38. The van der Waals surface area contributed by atoms with E-state index in [0.717, 1.165) is 6.42 Å². The lowest BCUT2D eigenvalue weighted by atomic mass is 10.2. The molecule has 0 saturated carbocycles. The van der Waals surface area contributed by atoms with Crippen molar-refractivity contribution in [2.24, 2.45) is 0 Å². The zero-order chi connectivity index (χ0) is 13.0. The lowest BCUT2D eigenvalue weighted by Gasteiger charge is -2.32. The van der Waals surface area contributed by atoms with Crippen molar-refractivity contribution in [1.29, 1.82) is 0 Å².